The van der Waals surface area contributed by atoms with Gasteiger partial charge in [-0.1, -0.05) is 45.9 Å². The fraction of sp³-hybridized carbons (Fsp3) is 0.460. The van der Waals surface area contributed by atoms with E-state index in [1.54, 1.807) is 68.6 Å². The summed E-state index contributed by atoms with van der Waals surface area (Å²) < 4.78 is 5.32. The average molecular weight is 980 g/mol. The molecule has 21 heteroatoms. The lowest BCUT2D eigenvalue weighted by atomic mass is 9.96. The van der Waals surface area contributed by atoms with Crippen molar-refractivity contribution in [3.05, 3.63) is 83.1 Å². The lowest BCUT2D eigenvalue weighted by Crippen LogP contribution is -2.51. The third-order valence-corrected chi connectivity index (χ3v) is 11.9. The molecule has 1 fully saturated rings. The van der Waals surface area contributed by atoms with E-state index in [-0.39, 0.29) is 68.6 Å². The number of pyridine rings is 1. The van der Waals surface area contributed by atoms with E-state index in [0.29, 0.717) is 90.6 Å². The number of primary amides is 1. The minimum absolute atomic E-state index is 0.0421. The van der Waals surface area contributed by atoms with Gasteiger partial charge in [0, 0.05) is 80.5 Å². The second-order valence-corrected chi connectivity index (χ2v) is 17.9. The summed E-state index contributed by atoms with van der Waals surface area (Å²) in [4.78, 5) is 102. The number of ether oxygens (including phenoxy) is 1. The number of amides is 8. The van der Waals surface area contributed by atoms with Gasteiger partial charge in [-0.3, -0.25) is 24.0 Å². The van der Waals surface area contributed by atoms with Crippen LogP contribution >= 0.6 is 0 Å². The van der Waals surface area contributed by atoms with Crippen LogP contribution in [-0.4, -0.2) is 115 Å². The van der Waals surface area contributed by atoms with Gasteiger partial charge in [0.15, 0.2) is 0 Å². The third kappa shape index (κ3) is 16.8. The van der Waals surface area contributed by atoms with Gasteiger partial charge in [-0.2, -0.15) is 0 Å². The fourth-order valence-corrected chi connectivity index (χ4v) is 7.91. The molecular formula is C50H69N13O8. The van der Waals surface area contributed by atoms with Crippen LogP contribution in [0.1, 0.15) is 94.1 Å². The highest BCUT2D eigenvalue weighted by atomic mass is 16.5. The second kappa shape index (κ2) is 27.0. The summed E-state index contributed by atoms with van der Waals surface area (Å²) in [6.07, 6.45) is 6.48. The Balaban J connectivity index is 0.994. The first-order valence-corrected chi connectivity index (χ1v) is 24.2. The molecule has 12 N–H and O–H groups in total. The first-order valence-electron chi connectivity index (χ1n) is 24.2. The van der Waals surface area contributed by atoms with Crippen molar-refractivity contribution >= 4 is 76.5 Å². The number of rotatable bonds is 23. The van der Waals surface area contributed by atoms with Crippen molar-refractivity contribution in [3.63, 3.8) is 0 Å². The number of nitrogens with one attached hydrogen (secondary N) is 6. The zero-order valence-electron chi connectivity index (χ0n) is 41.1. The molecule has 2 aromatic carbocycles. The van der Waals surface area contributed by atoms with E-state index in [0.717, 1.165) is 18.7 Å². The molecule has 0 spiro atoms. The minimum Gasteiger partial charge on any atom is -0.445 e. The maximum absolute atomic E-state index is 13.3. The Hall–Kier alpha value is -7.55. The van der Waals surface area contributed by atoms with Gasteiger partial charge in [-0.25, -0.2) is 19.6 Å². The number of alkyl carbamates (subject to hydrolysis) is 1. The smallest absolute Gasteiger partial charge is 0.407 e. The number of hydrogen-bond donors (Lipinski definition) is 9. The van der Waals surface area contributed by atoms with E-state index in [4.69, 9.17) is 21.9 Å². The number of aliphatic imine (C=N–C) groups is 1. The molecule has 1 saturated heterocycles. The number of aromatic nitrogens is 1. The number of benzene rings is 2. The van der Waals surface area contributed by atoms with Crippen LogP contribution < -0.4 is 54.0 Å². The molecule has 2 atom stereocenters. The largest absolute Gasteiger partial charge is 0.445 e. The Morgan fingerprint density at radius 2 is 1.54 bits per heavy atom. The van der Waals surface area contributed by atoms with Crippen LogP contribution in [0.4, 0.5) is 32.5 Å². The molecule has 3 aromatic rings. The average Bonchev–Trinajstić information content (AvgIpc) is 3.52. The molecule has 0 saturated carbocycles. The van der Waals surface area contributed by atoms with Crippen LogP contribution in [0.15, 0.2) is 71.4 Å². The molecule has 71 heavy (non-hydrogen) atoms. The van der Waals surface area contributed by atoms with Gasteiger partial charge in [0.1, 0.15) is 24.3 Å². The molecule has 2 aliphatic rings. The minimum atomic E-state index is -0.914. The van der Waals surface area contributed by atoms with E-state index in [2.05, 4.69) is 46.8 Å². The molecule has 382 valence electrons. The number of nitrogens with zero attached hydrogens (tertiary/aromatic N) is 4. The number of nitrogens with two attached hydrogens (primary N) is 3. The molecule has 3 heterocycles. The van der Waals surface area contributed by atoms with Gasteiger partial charge < -0.3 is 63.6 Å². The molecule has 21 nitrogen and oxygen atoms in total. The normalized spacial score (nSPS) is 14.3. The molecule has 8 amide bonds. The number of carbonyl (C=O) groups excluding carboxylic acids is 7. The highest BCUT2D eigenvalue weighted by Crippen LogP contribution is 2.29. The van der Waals surface area contributed by atoms with Crippen LogP contribution in [0.25, 0.3) is 6.08 Å². The summed E-state index contributed by atoms with van der Waals surface area (Å²) in [7, 11) is 0. The van der Waals surface area contributed by atoms with Gasteiger partial charge in [0.05, 0.1) is 23.6 Å². The molecule has 0 radical (unpaired) electrons. The number of piperidine rings is 1. The first kappa shape index (κ1) is 54.4. The maximum atomic E-state index is 13.3. The molecule has 0 bridgehead atoms. The fourth-order valence-electron chi connectivity index (χ4n) is 7.91. The number of amidine groups is 1. The topological polar surface area (TPSA) is 311 Å². The molecule has 0 unspecified atom stereocenters. The van der Waals surface area contributed by atoms with Crippen molar-refractivity contribution in [1.29, 1.82) is 0 Å². The molecular weight excluding hydrogens is 911 g/mol. The van der Waals surface area contributed by atoms with Gasteiger partial charge in [0.25, 0.3) is 5.91 Å². The predicted octanol–water partition coefficient (Wildman–Crippen LogP) is 3.87. The van der Waals surface area contributed by atoms with Crippen molar-refractivity contribution in [3.8, 4) is 0 Å². The van der Waals surface area contributed by atoms with Gasteiger partial charge in [0.2, 0.25) is 23.6 Å². The van der Waals surface area contributed by atoms with E-state index >= 15 is 0 Å². The van der Waals surface area contributed by atoms with Crippen LogP contribution in [0.2, 0.25) is 0 Å². The van der Waals surface area contributed by atoms with Crippen molar-refractivity contribution in [2.75, 3.05) is 61.3 Å². The van der Waals surface area contributed by atoms with Crippen molar-refractivity contribution in [2.45, 2.75) is 91.3 Å². The number of carbonyl (C=O) groups is 7. The Morgan fingerprint density at radius 3 is 2.18 bits per heavy atom. The summed E-state index contributed by atoms with van der Waals surface area (Å²) in [5.74, 6) is -0.770. The van der Waals surface area contributed by atoms with Gasteiger partial charge >= 0.3 is 12.1 Å². The highest BCUT2D eigenvalue weighted by molar-refractivity contribution is 6.08. The number of urea groups is 1. The van der Waals surface area contributed by atoms with Crippen LogP contribution in [0.3, 0.4) is 0 Å². The maximum Gasteiger partial charge on any atom is 0.407 e. The SMILES string of the molecule is CCCN(CCC)C(=O)C1=Cc2ccc(C(=O)Nc3ccc(N4CCC(C(=O)NCCNC(=O)OCc5ccc(NC(=O)[C@H](CCCNC(N)=O)NC(=O)[C@@H](N)C(C)C)cc5)CC4)nc3)cc2N=C(N)C1. The zero-order chi connectivity index (χ0) is 51.5. The predicted molar refractivity (Wildman–Crippen MR) is 272 cm³/mol. The van der Waals surface area contributed by atoms with Crippen LogP contribution in [0, 0.1) is 11.8 Å². The van der Waals surface area contributed by atoms with Gasteiger partial charge in [-0.05, 0) is 92.5 Å². The number of anilines is 3. The Bertz CT molecular complexity index is 2390. The standard InChI is InChI=1S/C50H69N13O8/c1-5-22-63(23-6-2)48(68)36-26-34-11-12-35(27-40(34)60-41(51)28-36)45(65)59-38-15-16-42(57-29-38)62-24-17-33(18-25-62)44(64)54-20-21-56-50(70)71-30-32-9-13-37(14-10-32)58-46(66)39(8-7-19-55-49(53)69)61-47(67)43(52)31(3)4/h9-16,26-27,29,31,33,39,43H,5-8,17-25,28,30,52H2,1-4H3,(H2,51,60)(H,54,64)(H,56,70)(H,58,66)(H,59,65)(H,61,67)(H3,53,55,69)/t39-,43-/m0/s1. The molecule has 1 aromatic heterocycles. The summed E-state index contributed by atoms with van der Waals surface area (Å²) in [6.45, 7) is 10.8. The lowest BCUT2D eigenvalue weighted by molar-refractivity contribution is -0.128. The van der Waals surface area contributed by atoms with E-state index in [1.165, 1.54) is 0 Å². The Morgan fingerprint density at radius 1 is 0.845 bits per heavy atom. The van der Waals surface area contributed by atoms with Crippen molar-refractivity contribution in [1.82, 2.24) is 31.2 Å². The summed E-state index contributed by atoms with van der Waals surface area (Å²) in [5.41, 5.74) is 21.1. The van der Waals surface area contributed by atoms with Crippen LogP contribution in [-0.2, 0) is 30.5 Å². The monoisotopic (exact) mass is 980 g/mol. The first-order chi connectivity index (χ1) is 34.0. The zero-order valence-corrected chi connectivity index (χ0v) is 41.1. The Labute approximate surface area is 414 Å². The van der Waals surface area contributed by atoms with Crippen LogP contribution in [0.5, 0.6) is 0 Å². The second-order valence-electron chi connectivity index (χ2n) is 17.9. The summed E-state index contributed by atoms with van der Waals surface area (Å²) in [5, 5.41) is 16.3. The summed E-state index contributed by atoms with van der Waals surface area (Å²) >= 11 is 0. The van der Waals surface area contributed by atoms with E-state index in [1.807, 2.05) is 30.9 Å². The number of hydrogen-bond acceptors (Lipinski definition) is 13. The molecule has 2 aliphatic heterocycles. The lowest BCUT2D eigenvalue weighted by Gasteiger charge is -2.32. The van der Waals surface area contributed by atoms with E-state index < -0.39 is 36.0 Å². The molecule has 0 aliphatic carbocycles. The number of fused-ring (bicyclic) bond motifs is 1. The molecule has 5 rings (SSSR count). The van der Waals surface area contributed by atoms with Gasteiger partial charge in [-0.15, -0.1) is 0 Å². The third-order valence-electron chi connectivity index (χ3n) is 11.9. The quantitative estimate of drug-likeness (QED) is 0.0612. The summed E-state index contributed by atoms with van der Waals surface area (Å²) in [6, 6.07) is 13.0. The Kier molecular flexibility index (Phi) is 20.7. The van der Waals surface area contributed by atoms with Crippen molar-refractivity contribution in [2.24, 2.45) is 34.0 Å². The van der Waals surface area contributed by atoms with E-state index in [9.17, 15) is 33.6 Å². The highest BCUT2D eigenvalue weighted by Gasteiger charge is 2.27. The van der Waals surface area contributed by atoms with Crippen molar-refractivity contribution < 1.29 is 38.3 Å².